The molecular weight excluding hydrogens is 358 g/mol. The minimum Gasteiger partial charge on any atom is -0.497 e. The molecule has 1 aromatic rings. The van der Waals surface area contributed by atoms with Crippen molar-refractivity contribution in [3.63, 3.8) is 0 Å². The second-order valence-electron chi connectivity index (χ2n) is 6.63. The van der Waals surface area contributed by atoms with Crippen LogP contribution < -0.4 is 15.4 Å². The number of hydrogen-bond donors (Lipinski definition) is 2. The molecule has 1 aliphatic rings. The van der Waals surface area contributed by atoms with Gasteiger partial charge in [0, 0.05) is 39.5 Å². The highest BCUT2D eigenvalue weighted by Crippen LogP contribution is 2.12. The van der Waals surface area contributed by atoms with Gasteiger partial charge < -0.3 is 29.6 Å². The van der Waals surface area contributed by atoms with E-state index in [0.717, 1.165) is 82.7 Å². The Balaban J connectivity index is 1.73. The summed E-state index contributed by atoms with van der Waals surface area (Å²) in [5.74, 6) is 1.67. The standard InChI is InChI=1S/C21H35N3O4/c1-3-26-13-4-11-22-21(23-12-5-14-28-20-10-15-27-17-20)24-16-18-6-8-19(25-2)9-7-18/h6-9,20H,3-5,10-17H2,1-2H3,(H2,22,23,24). The summed E-state index contributed by atoms with van der Waals surface area (Å²) in [5.41, 5.74) is 1.14. The Labute approximate surface area is 168 Å². The van der Waals surface area contributed by atoms with Crippen LogP contribution in [-0.4, -0.2) is 65.3 Å². The predicted molar refractivity (Wildman–Crippen MR) is 111 cm³/mol. The van der Waals surface area contributed by atoms with Crippen molar-refractivity contribution in [3.05, 3.63) is 29.8 Å². The van der Waals surface area contributed by atoms with E-state index in [1.54, 1.807) is 7.11 Å². The number of nitrogens with one attached hydrogen (secondary N) is 2. The summed E-state index contributed by atoms with van der Waals surface area (Å²) in [5, 5.41) is 6.77. The van der Waals surface area contributed by atoms with Crippen LogP contribution in [0, 0.1) is 0 Å². The molecular formula is C21H35N3O4. The van der Waals surface area contributed by atoms with E-state index in [9.17, 15) is 0 Å². The molecule has 28 heavy (non-hydrogen) atoms. The van der Waals surface area contributed by atoms with Crippen molar-refractivity contribution in [1.82, 2.24) is 10.6 Å². The van der Waals surface area contributed by atoms with Crippen LogP contribution in [0.1, 0.15) is 31.7 Å². The second kappa shape index (κ2) is 14.2. The Hall–Kier alpha value is -1.83. The number of rotatable bonds is 13. The van der Waals surface area contributed by atoms with Crippen LogP contribution in [0.25, 0.3) is 0 Å². The number of nitrogens with zero attached hydrogens (tertiary/aromatic N) is 1. The molecule has 1 fully saturated rings. The van der Waals surface area contributed by atoms with Crippen LogP contribution >= 0.6 is 0 Å². The number of aliphatic imine (C=N–C) groups is 1. The molecule has 0 aliphatic carbocycles. The molecule has 7 nitrogen and oxygen atoms in total. The lowest BCUT2D eigenvalue weighted by Gasteiger charge is -2.14. The highest BCUT2D eigenvalue weighted by atomic mass is 16.5. The van der Waals surface area contributed by atoms with Crippen LogP contribution in [0.5, 0.6) is 5.75 Å². The summed E-state index contributed by atoms with van der Waals surface area (Å²) >= 11 is 0. The number of guanidine groups is 1. The van der Waals surface area contributed by atoms with Crippen molar-refractivity contribution < 1.29 is 18.9 Å². The van der Waals surface area contributed by atoms with Gasteiger partial charge in [0.2, 0.25) is 0 Å². The molecule has 158 valence electrons. The largest absolute Gasteiger partial charge is 0.497 e. The van der Waals surface area contributed by atoms with Gasteiger partial charge in [0.25, 0.3) is 0 Å². The first kappa shape index (κ1) is 22.5. The first-order valence-corrected chi connectivity index (χ1v) is 10.2. The van der Waals surface area contributed by atoms with Gasteiger partial charge in [-0.25, -0.2) is 4.99 Å². The van der Waals surface area contributed by atoms with Crippen LogP contribution in [-0.2, 0) is 20.8 Å². The summed E-state index contributed by atoms with van der Waals surface area (Å²) in [6.45, 7) is 8.04. The van der Waals surface area contributed by atoms with Crippen LogP contribution in [0.3, 0.4) is 0 Å². The van der Waals surface area contributed by atoms with Crippen molar-refractivity contribution >= 4 is 5.96 Å². The smallest absolute Gasteiger partial charge is 0.191 e. The molecule has 0 amide bonds. The van der Waals surface area contributed by atoms with Gasteiger partial charge >= 0.3 is 0 Å². The molecule has 1 saturated heterocycles. The highest BCUT2D eigenvalue weighted by Gasteiger charge is 2.15. The fraction of sp³-hybridized carbons (Fsp3) is 0.667. The zero-order valence-corrected chi connectivity index (χ0v) is 17.2. The molecule has 0 radical (unpaired) electrons. The molecule has 1 aromatic carbocycles. The number of ether oxygens (including phenoxy) is 4. The molecule has 1 aliphatic heterocycles. The first-order valence-electron chi connectivity index (χ1n) is 10.2. The van der Waals surface area contributed by atoms with Gasteiger partial charge in [-0.15, -0.1) is 0 Å². The van der Waals surface area contributed by atoms with Gasteiger partial charge in [-0.3, -0.25) is 0 Å². The molecule has 0 aromatic heterocycles. The lowest BCUT2D eigenvalue weighted by Crippen LogP contribution is -2.39. The third-order valence-corrected chi connectivity index (χ3v) is 4.40. The van der Waals surface area contributed by atoms with E-state index < -0.39 is 0 Å². The lowest BCUT2D eigenvalue weighted by atomic mass is 10.2. The average Bonchev–Trinajstić information content (AvgIpc) is 3.25. The number of methoxy groups -OCH3 is 1. The minimum absolute atomic E-state index is 0.264. The van der Waals surface area contributed by atoms with E-state index in [-0.39, 0.29) is 6.10 Å². The number of hydrogen-bond acceptors (Lipinski definition) is 5. The predicted octanol–water partition coefficient (Wildman–Crippen LogP) is 2.35. The molecule has 1 unspecified atom stereocenters. The molecule has 7 heteroatoms. The van der Waals surface area contributed by atoms with Crippen LogP contribution in [0.2, 0.25) is 0 Å². The maximum atomic E-state index is 5.81. The maximum absolute atomic E-state index is 5.81. The molecule has 1 atom stereocenters. The Kier molecular flexibility index (Phi) is 11.4. The summed E-state index contributed by atoms with van der Waals surface area (Å²) in [6, 6.07) is 7.98. The third kappa shape index (κ3) is 9.39. The topological polar surface area (TPSA) is 73.3 Å². The molecule has 2 rings (SSSR count). The lowest BCUT2D eigenvalue weighted by molar-refractivity contribution is 0.0420. The monoisotopic (exact) mass is 393 g/mol. The van der Waals surface area contributed by atoms with Gasteiger partial charge in [0.15, 0.2) is 5.96 Å². The highest BCUT2D eigenvalue weighted by molar-refractivity contribution is 5.79. The summed E-state index contributed by atoms with van der Waals surface area (Å²) in [7, 11) is 1.67. The Bertz CT molecular complexity index is 545. The van der Waals surface area contributed by atoms with E-state index in [0.29, 0.717) is 6.54 Å². The number of benzene rings is 1. The van der Waals surface area contributed by atoms with Crippen molar-refractivity contribution in [3.8, 4) is 5.75 Å². The first-order chi connectivity index (χ1) is 13.8. The van der Waals surface area contributed by atoms with Crippen LogP contribution in [0.15, 0.2) is 29.3 Å². The summed E-state index contributed by atoms with van der Waals surface area (Å²) in [4.78, 5) is 4.69. The zero-order valence-electron chi connectivity index (χ0n) is 17.2. The maximum Gasteiger partial charge on any atom is 0.191 e. The van der Waals surface area contributed by atoms with E-state index >= 15 is 0 Å². The fourth-order valence-electron chi connectivity index (χ4n) is 2.77. The third-order valence-electron chi connectivity index (χ3n) is 4.40. The van der Waals surface area contributed by atoms with Crippen molar-refractivity contribution in [2.45, 2.75) is 38.8 Å². The fourth-order valence-corrected chi connectivity index (χ4v) is 2.77. The van der Waals surface area contributed by atoms with E-state index in [1.165, 1.54) is 0 Å². The Morgan fingerprint density at radius 3 is 2.54 bits per heavy atom. The van der Waals surface area contributed by atoms with Crippen LogP contribution in [0.4, 0.5) is 0 Å². The van der Waals surface area contributed by atoms with E-state index in [2.05, 4.69) is 10.6 Å². The Morgan fingerprint density at radius 2 is 1.89 bits per heavy atom. The van der Waals surface area contributed by atoms with Gasteiger partial charge in [-0.1, -0.05) is 12.1 Å². The molecule has 1 heterocycles. The average molecular weight is 394 g/mol. The molecule has 0 spiro atoms. The normalized spacial score (nSPS) is 16.9. The van der Waals surface area contributed by atoms with Crippen molar-refractivity contribution in [1.29, 1.82) is 0 Å². The van der Waals surface area contributed by atoms with E-state index in [1.807, 2.05) is 31.2 Å². The SMILES string of the molecule is CCOCCCNC(=NCc1ccc(OC)cc1)NCCCOC1CCOC1. The summed E-state index contributed by atoms with van der Waals surface area (Å²) in [6.07, 6.45) is 3.14. The van der Waals surface area contributed by atoms with Gasteiger partial charge in [0.1, 0.15) is 5.75 Å². The van der Waals surface area contributed by atoms with E-state index in [4.69, 9.17) is 23.9 Å². The quantitative estimate of drug-likeness (QED) is 0.304. The molecule has 2 N–H and O–H groups in total. The van der Waals surface area contributed by atoms with Crippen molar-refractivity contribution in [2.75, 3.05) is 53.2 Å². The Morgan fingerprint density at radius 1 is 1.14 bits per heavy atom. The zero-order chi connectivity index (χ0) is 19.9. The summed E-state index contributed by atoms with van der Waals surface area (Å²) < 4.78 is 21.7. The molecule has 0 saturated carbocycles. The minimum atomic E-state index is 0.264. The van der Waals surface area contributed by atoms with Crippen molar-refractivity contribution in [2.24, 2.45) is 4.99 Å². The van der Waals surface area contributed by atoms with Gasteiger partial charge in [-0.2, -0.15) is 0 Å². The molecule has 0 bridgehead atoms. The second-order valence-corrected chi connectivity index (χ2v) is 6.63. The van der Waals surface area contributed by atoms with Gasteiger partial charge in [-0.05, 0) is 43.9 Å². The van der Waals surface area contributed by atoms with Gasteiger partial charge in [0.05, 0.1) is 26.4 Å².